The van der Waals surface area contributed by atoms with E-state index in [4.69, 9.17) is 4.74 Å². The molecule has 0 radical (unpaired) electrons. The van der Waals surface area contributed by atoms with Crippen molar-refractivity contribution in [2.24, 2.45) is 0 Å². The molecule has 1 atom stereocenters. The zero-order valence-electron chi connectivity index (χ0n) is 10.7. The van der Waals surface area contributed by atoms with Gasteiger partial charge in [0.15, 0.2) is 0 Å². The van der Waals surface area contributed by atoms with Gasteiger partial charge >= 0.3 is 0 Å². The van der Waals surface area contributed by atoms with E-state index in [1.807, 2.05) is 18.2 Å². The lowest BCUT2D eigenvalue weighted by molar-refractivity contribution is -0.135. The normalized spacial score (nSPS) is 17.8. The van der Waals surface area contributed by atoms with Gasteiger partial charge in [-0.3, -0.25) is 9.78 Å². The monoisotopic (exact) mass is 307 g/mol. The van der Waals surface area contributed by atoms with Crippen LogP contribution >= 0.6 is 24.8 Å². The van der Waals surface area contributed by atoms with Crippen LogP contribution in [-0.2, 0) is 16.1 Å². The van der Waals surface area contributed by atoms with E-state index in [2.05, 4.69) is 10.3 Å². The van der Waals surface area contributed by atoms with Crippen LogP contribution < -0.4 is 5.32 Å². The zero-order valence-corrected chi connectivity index (χ0v) is 12.4. The van der Waals surface area contributed by atoms with Crippen LogP contribution in [0, 0.1) is 0 Å². The highest BCUT2D eigenvalue weighted by molar-refractivity contribution is 5.85. The molecule has 1 amide bonds. The third kappa shape index (κ3) is 5.32. The van der Waals surface area contributed by atoms with Crippen LogP contribution in [0.2, 0.25) is 0 Å². The molecule has 1 aliphatic heterocycles. The summed E-state index contributed by atoms with van der Waals surface area (Å²) in [5.41, 5.74) is 0.889. The number of nitrogens with zero attached hydrogens (tertiary/aromatic N) is 2. The summed E-state index contributed by atoms with van der Waals surface area (Å²) >= 11 is 0. The first-order valence-electron chi connectivity index (χ1n) is 5.73. The van der Waals surface area contributed by atoms with E-state index >= 15 is 0 Å². The fourth-order valence-corrected chi connectivity index (χ4v) is 1.80. The van der Waals surface area contributed by atoms with E-state index in [9.17, 15) is 4.79 Å². The van der Waals surface area contributed by atoms with E-state index < -0.39 is 0 Å². The Balaban J connectivity index is 0.00000162. The molecule has 1 saturated heterocycles. The summed E-state index contributed by atoms with van der Waals surface area (Å²) in [7, 11) is 1.79. The lowest BCUT2D eigenvalue weighted by Crippen LogP contribution is -2.51. The number of pyridine rings is 1. The second-order valence-corrected chi connectivity index (χ2v) is 4.10. The first kappa shape index (κ1) is 18.1. The zero-order chi connectivity index (χ0) is 12.1. The van der Waals surface area contributed by atoms with Crippen molar-refractivity contribution in [1.82, 2.24) is 15.2 Å². The quantitative estimate of drug-likeness (QED) is 0.900. The Morgan fingerprint density at radius 2 is 2.32 bits per heavy atom. The molecule has 2 heterocycles. The van der Waals surface area contributed by atoms with Crippen LogP contribution in [0.3, 0.4) is 0 Å². The van der Waals surface area contributed by atoms with Crippen LogP contribution in [0.25, 0.3) is 0 Å². The predicted octanol–water partition coefficient (Wildman–Crippen LogP) is 0.872. The molecular weight excluding hydrogens is 289 g/mol. The fourth-order valence-electron chi connectivity index (χ4n) is 1.80. The molecule has 0 aromatic carbocycles. The van der Waals surface area contributed by atoms with E-state index in [1.165, 1.54) is 0 Å². The summed E-state index contributed by atoms with van der Waals surface area (Å²) in [6, 6.07) is 5.47. The minimum absolute atomic E-state index is 0. The van der Waals surface area contributed by atoms with E-state index in [0.29, 0.717) is 19.8 Å². The largest absolute Gasteiger partial charge is 0.378 e. The van der Waals surface area contributed by atoms with Crippen LogP contribution in [0.5, 0.6) is 0 Å². The van der Waals surface area contributed by atoms with Crippen molar-refractivity contribution in [1.29, 1.82) is 0 Å². The van der Waals surface area contributed by atoms with Gasteiger partial charge in [0.05, 0.1) is 25.5 Å². The molecule has 7 heteroatoms. The highest BCUT2D eigenvalue weighted by Gasteiger charge is 2.24. The summed E-state index contributed by atoms with van der Waals surface area (Å²) in [4.78, 5) is 17.9. The number of hydrogen-bond donors (Lipinski definition) is 1. The van der Waals surface area contributed by atoms with Gasteiger partial charge in [0.2, 0.25) is 5.91 Å². The number of amides is 1. The Labute approximate surface area is 125 Å². The molecule has 1 aromatic heterocycles. The van der Waals surface area contributed by atoms with E-state index in [0.717, 1.165) is 12.2 Å². The standard InChI is InChI=1S/C12H17N3O2.2ClH/c1-15(8-10-4-2-3-5-13-10)12(16)11-9-17-7-6-14-11;;/h2-5,11,14H,6-9H2,1H3;2*1H. The molecule has 2 rings (SSSR count). The summed E-state index contributed by atoms with van der Waals surface area (Å²) in [5.74, 6) is 0.0513. The van der Waals surface area contributed by atoms with E-state index in [1.54, 1.807) is 18.1 Å². The van der Waals surface area contributed by atoms with Gasteiger partial charge in [0.1, 0.15) is 6.04 Å². The first-order chi connectivity index (χ1) is 8.27. The van der Waals surface area contributed by atoms with Gasteiger partial charge in [-0.05, 0) is 12.1 Å². The second kappa shape index (κ2) is 9.09. The first-order valence-corrected chi connectivity index (χ1v) is 5.73. The maximum Gasteiger partial charge on any atom is 0.242 e. The van der Waals surface area contributed by atoms with Gasteiger partial charge in [0, 0.05) is 19.8 Å². The number of carbonyl (C=O) groups is 1. The SMILES string of the molecule is CN(Cc1ccccn1)C(=O)C1COCCN1.Cl.Cl. The molecule has 1 unspecified atom stereocenters. The minimum Gasteiger partial charge on any atom is -0.378 e. The molecule has 0 bridgehead atoms. The van der Waals surface area contributed by atoms with Crippen LogP contribution in [-0.4, -0.2) is 48.6 Å². The van der Waals surface area contributed by atoms with Crippen molar-refractivity contribution in [3.8, 4) is 0 Å². The summed E-state index contributed by atoms with van der Waals surface area (Å²) in [5, 5.41) is 3.15. The average Bonchev–Trinajstić information content (AvgIpc) is 2.40. The number of aromatic nitrogens is 1. The van der Waals surface area contributed by atoms with Crippen LogP contribution in [0.4, 0.5) is 0 Å². The molecule has 1 fully saturated rings. The van der Waals surface area contributed by atoms with Crippen molar-refractivity contribution in [2.45, 2.75) is 12.6 Å². The molecular formula is C12H19Cl2N3O2. The topological polar surface area (TPSA) is 54.5 Å². The van der Waals surface area contributed by atoms with Gasteiger partial charge < -0.3 is 15.0 Å². The highest BCUT2D eigenvalue weighted by atomic mass is 35.5. The number of hydrogen-bond acceptors (Lipinski definition) is 4. The number of likely N-dealkylation sites (N-methyl/N-ethyl adjacent to an activating group) is 1. The molecule has 108 valence electrons. The molecule has 0 spiro atoms. The van der Waals surface area contributed by atoms with Crippen LogP contribution in [0.1, 0.15) is 5.69 Å². The fraction of sp³-hybridized carbons (Fsp3) is 0.500. The van der Waals surface area contributed by atoms with Crippen molar-refractivity contribution in [3.05, 3.63) is 30.1 Å². The van der Waals surface area contributed by atoms with Crippen LogP contribution in [0.15, 0.2) is 24.4 Å². The Hall–Kier alpha value is -0.880. The summed E-state index contributed by atoms with van der Waals surface area (Å²) in [6.07, 6.45) is 1.73. The van der Waals surface area contributed by atoms with Gasteiger partial charge in [-0.25, -0.2) is 0 Å². The highest BCUT2D eigenvalue weighted by Crippen LogP contribution is 2.03. The molecule has 0 aliphatic carbocycles. The lowest BCUT2D eigenvalue weighted by Gasteiger charge is -2.27. The van der Waals surface area contributed by atoms with Crippen molar-refractivity contribution in [2.75, 3.05) is 26.8 Å². The number of carbonyl (C=O) groups excluding carboxylic acids is 1. The number of rotatable bonds is 3. The van der Waals surface area contributed by atoms with Gasteiger partial charge in [-0.2, -0.15) is 0 Å². The number of halogens is 2. The van der Waals surface area contributed by atoms with Gasteiger partial charge in [0.25, 0.3) is 0 Å². The Morgan fingerprint density at radius 1 is 1.53 bits per heavy atom. The van der Waals surface area contributed by atoms with Gasteiger partial charge in [-0.1, -0.05) is 6.07 Å². The molecule has 19 heavy (non-hydrogen) atoms. The lowest BCUT2D eigenvalue weighted by atomic mass is 10.2. The molecule has 1 aliphatic rings. The molecule has 1 aromatic rings. The molecule has 5 nitrogen and oxygen atoms in total. The minimum atomic E-state index is -0.225. The van der Waals surface area contributed by atoms with Crippen molar-refractivity contribution >= 4 is 30.7 Å². The number of morpholine rings is 1. The third-order valence-corrected chi connectivity index (χ3v) is 2.72. The third-order valence-electron chi connectivity index (χ3n) is 2.72. The summed E-state index contributed by atoms with van der Waals surface area (Å²) in [6.45, 7) is 2.38. The van der Waals surface area contributed by atoms with Gasteiger partial charge in [-0.15, -0.1) is 24.8 Å². The van der Waals surface area contributed by atoms with E-state index in [-0.39, 0.29) is 36.8 Å². The Morgan fingerprint density at radius 3 is 2.89 bits per heavy atom. The maximum atomic E-state index is 12.1. The average molecular weight is 308 g/mol. The number of ether oxygens (including phenoxy) is 1. The Bertz CT molecular complexity index is 372. The summed E-state index contributed by atoms with van der Waals surface area (Å²) < 4.78 is 5.28. The molecule has 0 saturated carbocycles. The van der Waals surface area contributed by atoms with Crippen molar-refractivity contribution < 1.29 is 9.53 Å². The number of nitrogens with one attached hydrogen (secondary N) is 1. The maximum absolute atomic E-state index is 12.1. The van der Waals surface area contributed by atoms with Crippen molar-refractivity contribution in [3.63, 3.8) is 0 Å². The smallest absolute Gasteiger partial charge is 0.242 e. The Kier molecular flexibility index (Phi) is 8.67. The predicted molar refractivity (Wildman–Crippen MR) is 77.8 cm³/mol. The second-order valence-electron chi connectivity index (χ2n) is 4.10. The molecule has 1 N–H and O–H groups in total.